The molecule has 1 aliphatic carbocycles. The van der Waals surface area contributed by atoms with Crippen molar-refractivity contribution < 1.29 is 9.21 Å². The van der Waals surface area contributed by atoms with E-state index in [1.54, 1.807) is 0 Å². The molecule has 1 aliphatic heterocycles. The molecule has 3 heterocycles. The second-order valence-corrected chi connectivity index (χ2v) is 6.93. The maximum Gasteiger partial charge on any atom is 0.311 e. The van der Waals surface area contributed by atoms with Gasteiger partial charge in [-0.1, -0.05) is 12.1 Å². The first kappa shape index (κ1) is 14.6. The van der Waals surface area contributed by atoms with Crippen LogP contribution in [0.15, 0.2) is 28.7 Å². The smallest absolute Gasteiger partial charge is 0.311 e. The second kappa shape index (κ2) is 5.68. The van der Waals surface area contributed by atoms with E-state index in [1.165, 1.54) is 0 Å². The average molecular weight is 337 g/mol. The third kappa shape index (κ3) is 2.69. The lowest BCUT2D eigenvalue weighted by atomic mass is 9.96. The molecule has 1 aromatic carbocycles. The zero-order valence-corrected chi connectivity index (χ0v) is 13.8. The van der Waals surface area contributed by atoms with Gasteiger partial charge in [0.15, 0.2) is 0 Å². The molecule has 1 amide bonds. The number of amides is 1. The van der Waals surface area contributed by atoms with Gasteiger partial charge in [-0.2, -0.15) is 0 Å². The number of piperidine rings is 1. The van der Waals surface area contributed by atoms with E-state index in [4.69, 9.17) is 9.40 Å². The molecule has 3 aromatic rings. The summed E-state index contributed by atoms with van der Waals surface area (Å²) in [5, 5.41) is 7.93. The number of rotatable bonds is 3. The van der Waals surface area contributed by atoms with Crippen LogP contribution < -0.4 is 0 Å². The summed E-state index contributed by atoms with van der Waals surface area (Å²) in [4.78, 5) is 22.5. The first-order valence-electron chi connectivity index (χ1n) is 8.85. The third-order valence-electron chi connectivity index (χ3n) is 5.13. The Kier molecular flexibility index (Phi) is 3.33. The predicted molar refractivity (Wildman–Crippen MR) is 90.2 cm³/mol. The minimum atomic E-state index is -0.151. The number of H-pyrrole nitrogens is 1. The predicted octanol–water partition coefficient (Wildman–Crippen LogP) is 2.84. The van der Waals surface area contributed by atoms with Crippen molar-refractivity contribution in [1.29, 1.82) is 0 Å². The van der Waals surface area contributed by atoms with E-state index in [2.05, 4.69) is 15.2 Å². The van der Waals surface area contributed by atoms with Gasteiger partial charge in [0.05, 0.1) is 11.0 Å². The van der Waals surface area contributed by atoms with Gasteiger partial charge in [-0.05, 0) is 37.8 Å². The summed E-state index contributed by atoms with van der Waals surface area (Å²) in [6.07, 6.45) is 3.93. The molecule has 2 aliphatic rings. The van der Waals surface area contributed by atoms with Crippen LogP contribution in [0.4, 0.5) is 0 Å². The fraction of sp³-hybridized carbons (Fsp3) is 0.444. The molecule has 2 fully saturated rings. The Morgan fingerprint density at radius 3 is 2.64 bits per heavy atom. The molecule has 1 saturated heterocycles. The largest absolute Gasteiger partial charge is 0.417 e. The van der Waals surface area contributed by atoms with Crippen molar-refractivity contribution in [3.8, 4) is 0 Å². The number of hydrogen-bond donors (Lipinski definition) is 1. The number of carbonyl (C=O) groups is 1. The van der Waals surface area contributed by atoms with Crippen molar-refractivity contribution in [2.75, 3.05) is 13.1 Å². The van der Waals surface area contributed by atoms with Crippen LogP contribution in [0.2, 0.25) is 0 Å². The Balaban J connectivity index is 1.26. The Morgan fingerprint density at radius 2 is 1.88 bits per heavy atom. The molecule has 5 rings (SSSR count). The van der Waals surface area contributed by atoms with Crippen LogP contribution in [0, 0.1) is 0 Å². The quantitative estimate of drug-likeness (QED) is 0.794. The van der Waals surface area contributed by atoms with E-state index in [9.17, 15) is 4.79 Å². The van der Waals surface area contributed by atoms with Gasteiger partial charge < -0.3 is 14.3 Å². The number of aromatic nitrogens is 4. The fourth-order valence-corrected chi connectivity index (χ4v) is 3.47. The number of aromatic amines is 1. The molecule has 2 aromatic heterocycles. The van der Waals surface area contributed by atoms with Gasteiger partial charge in [0.2, 0.25) is 5.89 Å². The van der Waals surface area contributed by atoms with Crippen molar-refractivity contribution in [1.82, 2.24) is 25.1 Å². The third-order valence-corrected chi connectivity index (χ3v) is 5.13. The molecular formula is C18H19N5O2. The number of carbonyl (C=O) groups excluding carboxylic acids is 1. The van der Waals surface area contributed by atoms with E-state index in [-0.39, 0.29) is 11.8 Å². The fourth-order valence-electron chi connectivity index (χ4n) is 3.47. The van der Waals surface area contributed by atoms with Crippen LogP contribution in [0.1, 0.15) is 59.9 Å². The maximum absolute atomic E-state index is 12.5. The lowest BCUT2D eigenvalue weighted by Crippen LogP contribution is -2.38. The van der Waals surface area contributed by atoms with Gasteiger partial charge in [0.25, 0.3) is 0 Å². The number of hydrogen-bond acceptors (Lipinski definition) is 5. The topological polar surface area (TPSA) is 87.9 Å². The summed E-state index contributed by atoms with van der Waals surface area (Å²) in [7, 11) is 0. The van der Waals surface area contributed by atoms with Crippen LogP contribution >= 0.6 is 0 Å². The van der Waals surface area contributed by atoms with Crippen LogP contribution in [0.5, 0.6) is 0 Å². The molecule has 1 N–H and O–H groups in total. The molecule has 128 valence electrons. The molecule has 0 unspecified atom stereocenters. The summed E-state index contributed by atoms with van der Waals surface area (Å²) in [5.41, 5.74) is 2.06. The SMILES string of the molecule is O=C(c1nnc(C2CC2)o1)N1CCC(c2nc3ccccc3[nH]2)CC1. The first-order chi connectivity index (χ1) is 12.3. The van der Waals surface area contributed by atoms with Gasteiger partial charge in [-0.15, -0.1) is 10.2 Å². The van der Waals surface area contributed by atoms with Gasteiger partial charge in [-0.3, -0.25) is 4.79 Å². The van der Waals surface area contributed by atoms with Crippen LogP contribution in [0.3, 0.4) is 0 Å². The highest BCUT2D eigenvalue weighted by Crippen LogP contribution is 2.39. The molecule has 7 nitrogen and oxygen atoms in total. The molecule has 0 spiro atoms. The van der Waals surface area contributed by atoms with Crippen molar-refractivity contribution in [2.45, 2.75) is 37.5 Å². The van der Waals surface area contributed by atoms with E-state index in [0.29, 0.717) is 30.8 Å². The molecule has 0 atom stereocenters. The summed E-state index contributed by atoms with van der Waals surface area (Å²) < 4.78 is 5.54. The Labute approximate surface area is 144 Å². The molecule has 7 heteroatoms. The number of likely N-dealkylation sites (tertiary alicyclic amines) is 1. The summed E-state index contributed by atoms with van der Waals surface area (Å²) in [5.74, 6) is 2.32. The van der Waals surface area contributed by atoms with Crippen LogP contribution in [0.25, 0.3) is 11.0 Å². The first-order valence-corrected chi connectivity index (χ1v) is 8.85. The monoisotopic (exact) mass is 337 g/mol. The minimum absolute atomic E-state index is 0.129. The number of nitrogens with one attached hydrogen (secondary N) is 1. The Morgan fingerprint density at radius 1 is 1.08 bits per heavy atom. The van der Waals surface area contributed by atoms with Crippen LogP contribution in [-0.2, 0) is 0 Å². The molecule has 25 heavy (non-hydrogen) atoms. The number of para-hydroxylation sites is 2. The van der Waals surface area contributed by atoms with Crippen molar-refractivity contribution in [2.24, 2.45) is 0 Å². The van der Waals surface area contributed by atoms with Gasteiger partial charge in [-0.25, -0.2) is 4.98 Å². The summed E-state index contributed by atoms with van der Waals surface area (Å²) in [6.45, 7) is 1.36. The second-order valence-electron chi connectivity index (χ2n) is 6.93. The number of imidazole rings is 1. The summed E-state index contributed by atoms with van der Waals surface area (Å²) >= 11 is 0. The minimum Gasteiger partial charge on any atom is -0.417 e. The molecule has 0 bridgehead atoms. The maximum atomic E-state index is 12.5. The molecule has 1 saturated carbocycles. The average Bonchev–Trinajstić information content (AvgIpc) is 3.22. The Bertz CT molecular complexity index is 885. The van der Waals surface area contributed by atoms with Gasteiger partial charge in [0, 0.05) is 24.9 Å². The van der Waals surface area contributed by atoms with Gasteiger partial charge >= 0.3 is 11.8 Å². The highest BCUT2D eigenvalue weighted by molar-refractivity contribution is 5.89. The van der Waals surface area contributed by atoms with Crippen molar-refractivity contribution >= 4 is 16.9 Å². The van der Waals surface area contributed by atoms with Gasteiger partial charge in [0.1, 0.15) is 5.82 Å². The Hall–Kier alpha value is -2.70. The number of fused-ring (bicyclic) bond motifs is 1. The highest BCUT2D eigenvalue weighted by Gasteiger charge is 2.33. The summed E-state index contributed by atoms with van der Waals surface area (Å²) in [6, 6.07) is 8.05. The molecule has 0 radical (unpaired) electrons. The molecular weight excluding hydrogens is 318 g/mol. The lowest BCUT2D eigenvalue weighted by molar-refractivity contribution is 0.0669. The zero-order valence-electron chi connectivity index (χ0n) is 13.8. The van der Waals surface area contributed by atoms with E-state index in [0.717, 1.165) is 42.5 Å². The lowest BCUT2D eigenvalue weighted by Gasteiger charge is -2.30. The zero-order chi connectivity index (χ0) is 16.8. The van der Waals surface area contributed by atoms with E-state index in [1.807, 2.05) is 29.2 Å². The van der Waals surface area contributed by atoms with Crippen molar-refractivity contribution in [3.63, 3.8) is 0 Å². The van der Waals surface area contributed by atoms with Crippen molar-refractivity contribution in [3.05, 3.63) is 41.9 Å². The number of benzene rings is 1. The van der Waals surface area contributed by atoms with E-state index < -0.39 is 0 Å². The highest BCUT2D eigenvalue weighted by atomic mass is 16.4. The standard InChI is InChI=1S/C18H19N5O2/c24-18(17-22-21-16(25-17)12-5-6-12)23-9-7-11(8-10-23)15-19-13-3-1-2-4-14(13)20-15/h1-4,11-12H,5-10H2,(H,19,20). The normalized spacial score (nSPS) is 18.8. The van der Waals surface area contributed by atoms with E-state index >= 15 is 0 Å². The number of nitrogens with zero attached hydrogens (tertiary/aromatic N) is 4. The van der Waals surface area contributed by atoms with Crippen LogP contribution in [-0.4, -0.2) is 44.1 Å².